The summed E-state index contributed by atoms with van der Waals surface area (Å²) in [5.74, 6) is 0. The zero-order valence-corrected chi connectivity index (χ0v) is 5.13. The molecule has 0 atom stereocenters. The number of fused-ring (bicyclic) bond motifs is 1. The summed E-state index contributed by atoms with van der Waals surface area (Å²) in [6.07, 6.45) is 2.07. The van der Waals surface area contributed by atoms with Crippen LogP contribution in [0.3, 0.4) is 0 Å². The van der Waals surface area contributed by atoms with Gasteiger partial charge in [0.1, 0.15) is 4.83 Å². The quantitative estimate of drug-likeness (QED) is 0.480. The summed E-state index contributed by atoms with van der Waals surface area (Å²) in [7, 11) is 3.59. The molecule has 1 nitrogen and oxygen atoms in total. The minimum absolute atomic E-state index is 1.37. The van der Waals surface area contributed by atoms with E-state index in [1.54, 1.807) is 10.5 Å². The maximum atomic E-state index is 2.14. The van der Waals surface area contributed by atoms with Crippen molar-refractivity contribution in [2.45, 2.75) is 0 Å². The Morgan fingerprint density at radius 2 is 2.57 bits per heavy atom. The summed E-state index contributed by atoms with van der Waals surface area (Å²) in [4.78, 5) is 1.37. The number of nitrogens with zero attached hydrogens (tertiary/aromatic N) is 1. The van der Waals surface area contributed by atoms with E-state index >= 15 is 0 Å². The Morgan fingerprint density at radius 1 is 1.57 bits per heavy atom. The van der Waals surface area contributed by atoms with Crippen LogP contribution in [-0.2, 0) is 0 Å². The number of rotatable bonds is 0. The number of hydrogen-bond acceptors (Lipinski definition) is 2. The third-order valence-electron chi connectivity index (χ3n) is 0.880. The van der Waals surface area contributed by atoms with Gasteiger partial charge < -0.3 is 0 Å². The van der Waals surface area contributed by atoms with Gasteiger partial charge >= 0.3 is 0 Å². The Kier molecular flexibility index (Phi) is 0.584. The van der Waals surface area contributed by atoms with Crippen LogP contribution < -0.4 is 0 Å². The second-order valence-electron chi connectivity index (χ2n) is 1.33. The molecule has 0 N–H and O–H groups in total. The predicted octanol–water partition coefficient (Wildman–Crippen LogP) is 2.06. The van der Waals surface area contributed by atoms with E-state index in [1.807, 2.05) is 10.3 Å². The maximum absolute atomic E-state index is 2.14. The molecule has 0 saturated carbocycles. The van der Waals surface area contributed by atoms with Gasteiger partial charge in [0.05, 0.1) is 0 Å². The molecule has 0 bridgehead atoms. The van der Waals surface area contributed by atoms with Crippen LogP contribution in [0.25, 0.3) is 4.83 Å². The molecule has 2 rings (SSSR count). The normalized spacial score (nSPS) is 10.9. The third kappa shape index (κ3) is 0.365. The van der Waals surface area contributed by atoms with Gasteiger partial charge in [-0.05, 0) is 22.5 Å². The van der Waals surface area contributed by atoms with Gasteiger partial charge in [-0.25, -0.2) is 0 Å². The largest absolute Gasteiger partial charge is 0.254 e. The molecule has 0 saturated heterocycles. The summed E-state index contributed by atoms with van der Waals surface area (Å²) in [5.41, 5.74) is 0. The van der Waals surface area contributed by atoms with Crippen molar-refractivity contribution in [3.05, 3.63) is 18.3 Å². The molecule has 0 amide bonds. The van der Waals surface area contributed by atoms with Crippen LogP contribution in [0.5, 0.6) is 0 Å². The van der Waals surface area contributed by atoms with Gasteiger partial charge in [0, 0.05) is 16.7 Å². The second kappa shape index (κ2) is 1.11. The minimum Gasteiger partial charge on any atom is -0.254 e. The highest BCUT2D eigenvalue weighted by molar-refractivity contribution is 7.72. The molecule has 0 aromatic carbocycles. The van der Waals surface area contributed by atoms with Gasteiger partial charge in [-0.2, -0.15) is 0 Å². The van der Waals surface area contributed by atoms with Crippen molar-refractivity contribution in [3.63, 3.8) is 0 Å². The molecule has 2 heterocycles. The van der Waals surface area contributed by atoms with Crippen molar-refractivity contribution in [2.24, 2.45) is 0 Å². The summed E-state index contributed by atoms with van der Waals surface area (Å²) in [6.45, 7) is 0. The molecular weight excluding hydrogens is 126 g/mol. The number of hydrogen-bond donors (Lipinski definition) is 0. The van der Waals surface area contributed by atoms with Gasteiger partial charge in [0.25, 0.3) is 0 Å². The van der Waals surface area contributed by atoms with Crippen LogP contribution >= 0.6 is 20.9 Å². The second-order valence-corrected chi connectivity index (χ2v) is 3.40. The average Bonchev–Trinajstić information content (AvgIpc) is 1.85. The highest BCUT2D eigenvalue weighted by atomic mass is 32.9. The van der Waals surface area contributed by atoms with E-state index < -0.39 is 0 Å². The van der Waals surface area contributed by atoms with Crippen molar-refractivity contribution >= 4 is 25.7 Å². The predicted molar refractivity (Wildman–Crippen MR) is 33.2 cm³/mol. The molecular formula is C4H3NS2. The van der Waals surface area contributed by atoms with Crippen LogP contribution in [0.15, 0.2) is 18.3 Å². The van der Waals surface area contributed by atoms with Crippen molar-refractivity contribution in [2.75, 3.05) is 0 Å². The number of aromatic nitrogens is 1. The lowest BCUT2D eigenvalue weighted by Gasteiger charge is -1.89. The van der Waals surface area contributed by atoms with E-state index in [4.69, 9.17) is 0 Å². The summed E-state index contributed by atoms with van der Waals surface area (Å²) in [6, 6.07) is 4.17. The van der Waals surface area contributed by atoms with E-state index in [1.165, 1.54) is 4.83 Å². The Hall–Kier alpha value is -0.280. The van der Waals surface area contributed by atoms with Gasteiger partial charge in [0.15, 0.2) is 0 Å². The van der Waals surface area contributed by atoms with E-state index in [0.29, 0.717) is 0 Å². The Balaban J connectivity index is 3.05. The van der Waals surface area contributed by atoms with Gasteiger partial charge in [0.2, 0.25) is 0 Å². The fourth-order valence-corrected chi connectivity index (χ4v) is 2.20. The molecule has 0 aliphatic carbocycles. The molecule has 0 fully saturated rings. The molecule has 2 aromatic rings. The molecule has 0 aliphatic heterocycles. The Bertz CT molecular complexity index is 226. The minimum atomic E-state index is 1.37. The third-order valence-corrected chi connectivity index (χ3v) is 3.27. The molecule has 0 spiro atoms. The molecule has 3 heteroatoms. The van der Waals surface area contributed by atoms with Crippen LogP contribution in [0, 0.1) is 0 Å². The zero-order valence-electron chi connectivity index (χ0n) is 3.50. The standard InChI is InChI=1S/C4H3NS2/c1-2-4-5(3-1)7-6-4/h1-3H. The van der Waals surface area contributed by atoms with E-state index in [0.717, 1.165) is 0 Å². The highest BCUT2D eigenvalue weighted by Crippen LogP contribution is 2.20. The molecule has 36 valence electrons. The van der Waals surface area contributed by atoms with Crippen LogP contribution in [0.2, 0.25) is 0 Å². The topological polar surface area (TPSA) is 4.41 Å². The van der Waals surface area contributed by atoms with Crippen molar-refractivity contribution in [3.8, 4) is 0 Å². The summed E-state index contributed by atoms with van der Waals surface area (Å²) < 4.78 is 2.14. The lowest BCUT2D eigenvalue weighted by molar-refractivity contribution is 1.41. The van der Waals surface area contributed by atoms with E-state index in [2.05, 4.69) is 22.1 Å². The first-order valence-electron chi connectivity index (χ1n) is 1.99. The fraction of sp³-hybridized carbons (Fsp3) is 0. The van der Waals surface area contributed by atoms with Gasteiger partial charge in [-0.3, -0.25) is 3.79 Å². The molecule has 7 heavy (non-hydrogen) atoms. The van der Waals surface area contributed by atoms with Crippen LogP contribution in [0.1, 0.15) is 0 Å². The monoisotopic (exact) mass is 129 g/mol. The van der Waals surface area contributed by atoms with Crippen molar-refractivity contribution in [1.29, 1.82) is 0 Å². The molecule has 0 unspecified atom stereocenters. The molecule has 0 aliphatic rings. The average molecular weight is 129 g/mol. The first kappa shape index (κ1) is 3.69. The van der Waals surface area contributed by atoms with Crippen molar-refractivity contribution < 1.29 is 0 Å². The molecule has 2 aromatic heterocycles. The molecule has 0 radical (unpaired) electrons. The lowest BCUT2D eigenvalue weighted by Crippen LogP contribution is -1.69. The van der Waals surface area contributed by atoms with Gasteiger partial charge in [-0.15, -0.1) is 0 Å². The maximum Gasteiger partial charge on any atom is 0.121 e. The Labute approximate surface area is 48.4 Å². The van der Waals surface area contributed by atoms with Crippen LogP contribution in [0.4, 0.5) is 0 Å². The van der Waals surface area contributed by atoms with Gasteiger partial charge in [-0.1, -0.05) is 0 Å². The van der Waals surface area contributed by atoms with Crippen molar-refractivity contribution in [1.82, 2.24) is 3.79 Å². The fourth-order valence-electron chi connectivity index (χ4n) is 0.526. The lowest BCUT2D eigenvalue weighted by atomic mass is 10.7. The zero-order chi connectivity index (χ0) is 4.69. The summed E-state index contributed by atoms with van der Waals surface area (Å²) in [5, 5.41) is 0. The SMILES string of the molecule is c1cc2ssn2c1. The van der Waals surface area contributed by atoms with Crippen LogP contribution in [-0.4, -0.2) is 3.79 Å². The first-order valence-corrected chi connectivity index (χ1v) is 4.10. The Morgan fingerprint density at radius 3 is 2.86 bits per heavy atom. The highest BCUT2D eigenvalue weighted by Gasteiger charge is 1.91. The summed E-state index contributed by atoms with van der Waals surface area (Å²) >= 11 is 0. The van der Waals surface area contributed by atoms with E-state index in [9.17, 15) is 0 Å². The smallest absolute Gasteiger partial charge is 0.121 e. The first-order chi connectivity index (χ1) is 3.47. The van der Waals surface area contributed by atoms with E-state index in [-0.39, 0.29) is 0 Å².